The smallest absolute Gasteiger partial charge is 0.279 e. The van der Waals surface area contributed by atoms with Gasteiger partial charge in [0.05, 0.1) is 16.0 Å². The molecule has 0 fully saturated rings. The average molecular weight is 466 g/mol. The SMILES string of the molecule is O=C(COc1ccc([N+](=O)[O-])c2cccnc12)Nc1ccccc1Sc1ccc(Cl)cc1. The standard InChI is InChI=1S/C23H16ClN3O4S/c24-15-7-9-16(10-8-15)32-21-6-2-1-5-18(21)26-22(28)14-31-20-12-11-19(27(29)30)17-4-3-13-25-23(17)20/h1-13H,14H2,(H,26,28). The van der Waals surface area contributed by atoms with Gasteiger partial charge in [-0.1, -0.05) is 35.5 Å². The van der Waals surface area contributed by atoms with E-state index in [1.807, 2.05) is 42.5 Å². The molecule has 0 atom stereocenters. The van der Waals surface area contributed by atoms with E-state index in [1.165, 1.54) is 30.1 Å². The van der Waals surface area contributed by atoms with E-state index in [-0.39, 0.29) is 18.2 Å². The Bertz CT molecular complexity index is 1300. The van der Waals surface area contributed by atoms with Crippen LogP contribution in [0.1, 0.15) is 0 Å². The number of aromatic nitrogens is 1. The third-order valence-electron chi connectivity index (χ3n) is 4.47. The minimum absolute atomic E-state index is 0.0712. The van der Waals surface area contributed by atoms with Crippen molar-refractivity contribution >= 4 is 51.5 Å². The highest BCUT2D eigenvalue weighted by Gasteiger charge is 2.17. The number of halogens is 1. The second-order valence-corrected chi connectivity index (χ2v) is 8.18. The van der Waals surface area contributed by atoms with E-state index < -0.39 is 4.92 Å². The van der Waals surface area contributed by atoms with Gasteiger partial charge in [0.2, 0.25) is 0 Å². The summed E-state index contributed by atoms with van der Waals surface area (Å²) < 4.78 is 5.64. The van der Waals surface area contributed by atoms with Crippen LogP contribution < -0.4 is 10.1 Å². The number of pyridine rings is 1. The Balaban J connectivity index is 1.47. The van der Waals surface area contributed by atoms with Gasteiger partial charge in [0.15, 0.2) is 6.61 Å². The highest BCUT2D eigenvalue weighted by atomic mass is 35.5. The first-order valence-electron chi connectivity index (χ1n) is 9.48. The molecular formula is C23H16ClN3O4S. The Labute approximate surface area is 192 Å². The second-order valence-electron chi connectivity index (χ2n) is 6.63. The lowest BCUT2D eigenvalue weighted by Crippen LogP contribution is -2.20. The molecule has 32 heavy (non-hydrogen) atoms. The average Bonchev–Trinajstić information content (AvgIpc) is 2.80. The van der Waals surface area contributed by atoms with E-state index in [9.17, 15) is 14.9 Å². The van der Waals surface area contributed by atoms with Gasteiger partial charge in [-0.05, 0) is 54.6 Å². The molecule has 0 aliphatic heterocycles. The van der Waals surface area contributed by atoms with Gasteiger partial charge in [0, 0.05) is 27.1 Å². The number of para-hydroxylation sites is 1. The second kappa shape index (κ2) is 9.67. The molecule has 1 heterocycles. The van der Waals surface area contributed by atoms with Crippen LogP contribution in [0.5, 0.6) is 5.75 Å². The lowest BCUT2D eigenvalue weighted by molar-refractivity contribution is -0.383. The predicted octanol–water partition coefficient (Wildman–Crippen LogP) is 5.97. The first-order valence-corrected chi connectivity index (χ1v) is 10.7. The van der Waals surface area contributed by atoms with E-state index in [0.717, 1.165) is 9.79 Å². The first-order chi connectivity index (χ1) is 15.5. The van der Waals surface area contributed by atoms with Gasteiger partial charge in [-0.3, -0.25) is 19.9 Å². The summed E-state index contributed by atoms with van der Waals surface area (Å²) in [5, 5.41) is 15.1. The molecule has 0 bridgehead atoms. The Hall–Kier alpha value is -3.62. The van der Waals surface area contributed by atoms with Crippen LogP contribution in [0.25, 0.3) is 10.9 Å². The van der Waals surface area contributed by atoms with Crippen molar-refractivity contribution in [1.29, 1.82) is 0 Å². The maximum Gasteiger partial charge on any atom is 0.279 e. The van der Waals surface area contributed by atoms with Crippen molar-refractivity contribution in [3.63, 3.8) is 0 Å². The van der Waals surface area contributed by atoms with Crippen LogP contribution in [0.15, 0.2) is 88.8 Å². The number of nitro groups is 1. The molecule has 0 radical (unpaired) electrons. The maximum atomic E-state index is 12.6. The normalized spacial score (nSPS) is 10.7. The number of amides is 1. The molecule has 7 nitrogen and oxygen atoms in total. The van der Waals surface area contributed by atoms with Crippen molar-refractivity contribution in [2.24, 2.45) is 0 Å². The van der Waals surface area contributed by atoms with E-state index >= 15 is 0 Å². The molecule has 1 aromatic heterocycles. The van der Waals surface area contributed by atoms with Crippen molar-refractivity contribution in [3.8, 4) is 5.75 Å². The highest BCUT2D eigenvalue weighted by Crippen LogP contribution is 2.34. The van der Waals surface area contributed by atoms with E-state index in [2.05, 4.69) is 10.3 Å². The van der Waals surface area contributed by atoms with Gasteiger partial charge in [-0.25, -0.2) is 0 Å². The lowest BCUT2D eigenvalue weighted by atomic mass is 10.1. The van der Waals surface area contributed by atoms with Crippen LogP contribution in [0.4, 0.5) is 11.4 Å². The molecule has 0 aliphatic carbocycles. The van der Waals surface area contributed by atoms with Gasteiger partial charge in [0.25, 0.3) is 11.6 Å². The van der Waals surface area contributed by atoms with E-state index in [0.29, 0.717) is 27.4 Å². The molecule has 3 aromatic carbocycles. The zero-order chi connectivity index (χ0) is 22.5. The third-order valence-corrected chi connectivity index (χ3v) is 5.80. The summed E-state index contributed by atoms with van der Waals surface area (Å²) in [5.74, 6) is -0.0678. The first kappa shape index (κ1) is 21.6. The molecule has 0 spiro atoms. The van der Waals surface area contributed by atoms with Crippen molar-refractivity contribution in [2.45, 2.75) is 9.79 Å². The Morgan fingerprint density at radius 1 is 1.06 bits per heavy atom. The number of anilines is 1. The lowest BCUT2D eigenvalue weighted by Gasteiger charge is -2.12. The Kier molecular flexibility index (Phi) is 6.53. The van der Waals surface area contributed by atoms with Crippen LogP contribution in [-0.4, -0.2) is 22.4 Å². The number of rotatable bonds is 7. The summed E-state index contributed by atoms with van der Waals surface area (Å²) in [6.45, 7) is -0.274. The number of hydrogen-bond donors (Lipinski definition) is 1. The van der Waals surface area contributed by atoms with Crippen molar-refractivity contribution in [1.82, 2.24) is 4.98 Å². The summed E-state index contributed by atoms with van der Waals surface area (Å²) in [6, 6.07) is 20.8. The number of nitrogens with zero attached hydrogens (tertiary/aromatic N) is 2. The molecule has 1 amide bonds. The fourth-order valence-electron chi connectivity index (χ4n) is 3.03. The monoisotopic (exact) mass is 465 g/mol. The quantitative estimate of drug-likeness (QED) is 0.267. The number of carbonyl (C=O) groups excluding carboxylic acids is 1. The molecule has 4 rings (SSSR count). The molecule has 160 valence electrons. The fourth-order valence-corrected chi connectivity index (χ4v) is 4.05. The highest BCUT2D eigenvalue weighted by molar-refractivity contribution is 7.99. The summed E-state index contributed by atoms with van der Waals surface area (Å²) in [4.78, 5) is 29.3. The zero-order valence-corrected chi connectivity index (χ0v) is 18.1. The van der Waals surface area contributed by atoms with Gasteiger partial charge in [-0.2, -0.15) is 0 Å². The molecule has 0 saturated carbocycles. The minimum atomic E-state index is -0.476. The maximum absolute atomic E-state index is 12.6. The van der Waals surface area contributed by atoms with Crippen LogP contribution in [-0.2, 0) is 4.79 Å². The fraction of sp³-hybridized carbons (Fsp3) is 0.0435. The van der Waals surface area contributed by atoms with Gasteiger partial charge < -0.3 is 10.1 Å². The molecular weight excluding hydrogens is 450 g/mol. The number of nitrogens with one attached hydrogen (secondary N) is 1. The summed E-state index contributed by atoms with van der Waals surface area (Å²) >= 11 is 7.44. The Morgan fingerprint density at radius 3 is 2.62 bits per heavy atom. The number of hydrogen-bond acceptors (Lipinski definition) is 6. The molecule has 0 unspecified atom stereocenters. The van der Waals surface area contributed by atoms with Crippen LogP contribution in [0, 0.1) is 10.1 Å². The van der Waals surface area contributed by atoms with Crippen LogP contribution >= 0.6 is 23.4 Å². The number of benzene rings is 3. The summed E-state index contributed by atoms with van der Waals surface area (Å²) in [7, 11) is 0. The topological polar surface area (TPSA) is 94.4 Å². The summed E-state index contributed by atoms with van der Waals surface area (Å²) in [5.41, 5.74) is 0.902. The molecule has 0 saturated heterocycles. The van der Waals surface area contributed by atoms with Crippen LogP contribution in [0.3, 0.4) is 0 Å². The van der Waals surface area contributed by atoms with Crippen LogP contribution in [0.2, 0.25) is 5.02 Å². The number of ether oxygens (including phenoxy) is 1. The molecule has 9 heteroatoms. The predicted molar refractivity (Wildman–Crippen MR) is 125 cm³/mol. The number of non-ortho nitro benzene ring substituents is 1. The minimum Gasteiger partial charge on any atom is -0.481 e. The largest absolute Gasteiger partial charge is 0.481 e. The molecule has 4 aromatic rings. The van der Waals surface area contributed by atoms with Crippen molar-refractivity contribution in [3.05, 3.63) is 94.1 Å². The number of carbonyl (C=O) groups is 1. The Morgan fingerprint density at radius 2 is 1.84 bits per heavy atom. The summed E-state index contributed by atoms with van der Waals surface area (Å²) in [6.07, 6.45) is 1.52. The van der Waals surface area contributed by atoms with Crippen molar-refractivity contribution < 1.29 is 14.5 Å². The van der Waals surface area contributed by atoms with E-state index in [4.69, 9.17) is 16.3 Å². The van der Waals surface area contributed by atoms with Gasteiger partial charge in [-0.15, -0.1) is 0 Å². The number of nitro benzene ring substituents is 1. The van der Waals surface area contributed by atoms with Gasteiger partial charge >= 0.3 is 0 Å². The van der Waals surface area contributed by atoms with Crippen molar-refractivity contribution in [2.75, 3.05) is 11.9 Å². The van der Waals surface area contributed by atoms with Gasteiger partial charge in [0.1, 0.15) is 11.3 Å². The molecule has 1 N–H and O–H groups in total. The van der Waals surface area contributed by atoms with E-state index in [1.54, 1.807) is 18.2 Å². The number of fused-ring (bicyclic) bond motifs is 1. The molecule has 0 aliphatic rings. The third kappa shape index (κ3) is 4.99. The zero-order valence-electron chi connectivity index (χ0n) is 16.5.